The van der Waals surface area contributed by atoms with Gasteiger partial charge in [0.05, 0.1) is 26.9 Å². The average molecular weight is 409 g/mol. The van der Waals surface area contributed by atoms with Crippen molar-refractivity contribution < 1.29 is 18.6 Å². The maximum absolute atomic E-state index is 13.6. The van der Waals surface area contributed by atoms with Crippen LogP contribution in [0.25, 0.3) is 0 Å². The van der Waals surface area contributed by atoms with E-state index in [1.165, 1.54) is 5.56 Å². The van der Waals surface area contributed by atoms with Crippen LogP contribution in [-0.2, 0) is 15.5 Å². The van der Waals surface area contributed by atoms with Gasteiger partial charge in [-0.25, -0.2) is 9.34 Å². The van der Waals surface area contributed by atoms with Gasteiger partial charge in [-0.15, -0.1) is 23.2 Å². The molecule has 2 aliphatic rings. The van der Waals surface area contributed by atoms with E-state index in [0.717, 1.165) is 12.0 Å². The van der Waals surface area contributed by atoms with Crippen LogP contribution in [0.4, 0.5) is 0 Å². The van der Waals surface area contributed by atoms with Crippen molar-refractivity contribution in [3.63, 3.8) is 0 Å². The van der Waals surface area contributed by atoms with E-state index in [0.29, 0.717) is 49.5 Å². The largest absolute Gasteiger partial charge is 0.493 e. The van der Waals surface area contributed by atoms with Gasteiger partial charge < -0.3 is 14.0 Å². The third-order valence-corrected chi connectivity index (χ3v) is 7.81. The highest BCUT2D eigenvalue weighted by atomic mass is 35.5. The van der Waals surface area contributed by atoms with Crippen LogP contribution in [0.15, 0.2) is 12.1 Å². The lowest BCUT2D eigenvalue weighted by atomic mass is 9.94. The second kappa shape index (κ2) is 8.03. The minimum atomic E-state index is -3.12. The van der Waals surface area contributed by atoms with Crippen LogP contribution in [0.5, 0.6) is 11.5 Å². The van der Waals surface area contributed by atoms with E-state index in [1.54, 1.807) is 18.9 Å². The lowest BCUT2D eigenvalue weighted by Gasteiger charge is -2.37. The van der Waals surface area contributed by atoms with E-state index in [9.17, 15) is 4.57 Å². The second-order valence-corrected chi connectivity index (χ2v) is 9.03. The quantitative estimate of drug-likeness (QED) is 0.508. The van der Waals surface area contributed by atoms with Crippen molar-refractivity contribution >= 4 is 30.9 Å². The van der Waals surface area contributed by atoms with E-state index < -0.39 is 7.67 Å². The molecular formula is C16H23Cl2N2O4P. The van der Waals surface area contributed by atoms with E-state index in [-0.39, 0.29) is 6.04 Å². The number of nitrogens with zero attached hydrogens (tertiary/aromatic N) is 2. The van der Waals surface area contributed by atoms with Gasteiger partial charge in [-0.3, -0.25) is 4.57 Å². The Hall–Kier alpha value is -0.490. The summed E-state index contributed by atoms with van der Waals surface area (Å²) in [5.41, 5.74) is 2.26. The average Bonchev–Trinajstić information content (AvgIpc) is 2.98. The smallest absolute Gasteiger partial charge is 0.346 e. The first-order valence-corrected chi connectivity index (χ1v) is 10.8. The molecule has 6 nitrogen and oxygen atoms in total. The maximum atomic E-state index is 13.6. The molecule has 0 spiro atoms. The Labute approximate surface area is 158 Å². The number of benzene rings is 1. The van der Waals surface area contributed by atoms with Gasteiger partial charge in [-0.05, 0) is 29.7 Å². The molecule has 1 saturated heterocycles. The topological polar surface area (TPSA) is 51.2 Å². The van der Waals surface area contributed by atoms with E-state index in [4.69, 9.17) is 37.2 Å². The Morgan fingerprint density at radius 3 is 2.48 bits per heavy atom. The Kier molecular flexibility index (Phi) is 6.19. The summed E-state index contributed by atoms with van der Waals surface area (Å²) >= 11 is 11.8. The number of halogens is 2. The number of ether oxygens (including phenoxy) is 2. The fourth-order valence-corrected chi connectivity index (χ4v) is 6.76. The predicted molar refractivity (Wildman–Crippen MR) is 99.3 cm³/mol. The molecule has 1 aromatic rings. The molecule has 140 valence electrons. The number of fused-ring (bicyclic) bond motifs is 3. The van der Waals surface area contributed by atoms with E-state index in [2.05, 4.69) is 0 Å². The third kappa shape index (κ3) is 3.41. The summed E-state index contributed by atoms with van der Waals surface area (Å²) in [6.07, 6.45) is 0.773. The highest BCUT2D eigenvalue weighted by molar-refractivity contribution is 7.54. The molecular weight excluding hydrogens is 386 g/mol. The van der Waals surface area contributed by atoms with Gasteiger partial charge in [0.15, 0.2) is 11.5 Å². The molecule has 2 aliphatic heterocycles. The second-order valence-electron chi connectivity index (χ2n) is 5.95. The zero-order chi connectivity index (χ0) is 18.0. The molecule has 1 fully saturated rings. The summed E-state index contributed by atoms with van der Waals surface area (Å²) < 4.78 is 34.0. The molecule has 1 unspecified atom stereocenters. The molecule has 2 atom stereocenters. The zero-order valence-electron chi connectivity index (χ0n) is 14.4. The first-order chi connectivity index (χ1) is 12.1. The Morgan fingerprint density at radius 2 is 1.88 bits per heavy atom. The first-order valence-electron chi connectivity index (χ1n) is 8.23. The number of hydrogen-bond acceptors (Lipinski definition) is 4. The predicted octanol–water partition coefficient (Wildman–Crippen LogP) is 3.52. The van der Waals surface area contributed by atoms with Crippen LogP contribution >= 0.6 is 30.9 Å². The van der Waals surface area contributed by atoms with Gasteiger partial charge in [0.25, 0.3) is 0 Å². The van der Waals surface area contributed by atoms with Crippen molar-refractivity contribution in [1.29, 1.82) is 0 Å². The van der Waals surface area contributed by atoms with Crippen LogP contribution in [0.1, 0.15) is 17.2 Å². The van der Waals surface area contributed by atoms with Gasteiger partial charge in [-0.1, -0.05) is 0 Å². The van der Waals surface area contributed by atoms with Crippen molar-refractivity contribution in [2.75, 3.05) is 52.2 Å². The highest BCUT2D eigenvalue weighted by Gasteiger charge is 2.50. The lowest BCUT2D eigenvalue weighted by molar-refractivity contribution is 0.291. The molecule has 1 aromatic carbocycles. The molecule has 0 amide bonds. The van der Waals surface area contributed by atoms with Crippen molar-refractivity contribution in [3.05, 3.63) is 23.3 Å². The Bertz CT molecular complexity index is 670. The van der Waals surface area contributed by atoms with Crippen LogP contribution in [-0.4, -0.2) is 61.6 Å². The molecule has 9 heteroatoms. The van der Waals surface area contributed by atoms with Crippen molar-refractivity contribution in [1.82, 2.24) is 9.34 Å². The summed E-state index contributed by atoms with van der Waals surface area (Å²) in [7, 11) is 0.125. The highest BCUT2D eigenvalue weighted by Crippen LogP contribution is 2.64. The van der Waals surface area contributed by atoms with Gasteiger partial charge in [-0.2, -0.15) is 0 Å². The van der Waals surface area contributed by atoms with Crippen molar-refractivity contribution in [2.24, 2.45) is 0 Å². The lowest BCUT2D eigenvalue weighted by Crippen LogP contribution is -2.36. The fourth-order valence-electron chi connectivity index (χ4n) is 3.54. The molecule has 0 bridgehead atoms. The minimum absolute atomic E-state index is 0.0671. The van der Waals surface area contributed by atoms with E-state index >= 15 is 0 Å². The van der Waals surface area contributed by atoms with Crippen LogP contribution in [0.3, 0.4) is 0 Å². The summed E-state index contributed by atoms with van der Waals surface area (Å²) in [5.74, 6) is 2.14. The van der Waals surface area contributed by atoms with Gasteiger partial charge in [0.2, 0.25) is 0 Å². The number of rotatable bonds is 7. The van der Waals surface area contributed by atoms with Gasteiger partial charge >= 0.3 is 7.67 Å². The van der Waals surface area contributed by atoms with Crippen LogP contribution in [0.2, 0.25) is 0 Å². The summed E-state index contributed by atoms with van der Waals surface area (Å²) in [4.78, 5) is 0. The molecule has 3 rings (SSSR count). The molecule has 0 aliphatic carbocycles. The van der Waals surface area contributed by atoms with E-state index in [1.807, 2.05) is 16.8 Å². The standard InChI is InChI=1S/C16H23Cl2N2O4P/c1-22-15-9-12-3-6-20-14(13(12)10-16(15)23-2)11-24-25(20,21)19(7-4-17)8-5-18/h9-10,14H,3-8,11H2,1-2H3/t14-,25?/m1/s1. The normalized spacial score (nSPS) is 25.7. The Morgan fingerprint density at radius 1 is 1.24 bits per heavy atom. The van der Waals surface area contributed by atoms with Crippen molar-refractivity contribution in [2.45, 2.75) is 12.5 Å². The molecule has 0 radical (unpaired) electrons. The molecule has 0 aromatic heterocycles. The molecule has 2 heterocycles. The first kappa shape index (κ1) is 19.3. The Balaban J connectivity index is 1.94. The van der Waals surface area contributed by atoms with Gasteiger partial charge in [0.1, 0.15) is 0 Å². The third-order valence-electron chi connectivity index (χ3n) is 4.74. The number of methoxy groups -OCH3 is 2. The van der Waals surface area contributed by atoms with Crippen molar-refractivity contribution in [3.8, 4) is 11.5 Å². The SMILES string of the molecule is COc1cc2c(cc1OC)[C@H]1COP(=O)(N(CCCl)CCCl)N1CC2. The maximum Gasteiger partial charge on any atom is 0.346 e. The molecule has 25 heavy (non-hydrogen) atoms. The molecule has 0 saturated carbocycles. The van der Waals surface area contributed by atoms with Gasteiger partial charge in [0, 0.05) is 31.4 Å². The molecule has 0 N–H and O–H groups in total. The zero-order valence-corrected chi connectivity index (χ0v) is 16.8. The summed E-state index contributed by atoms with van der Waals surface area (Å²) in [6.45, 7) is 1.99. The fraction of sp³-hybridized carbons (Fsp3) is 0.625. The monoisotopic (exact) mass is 408 g/mol. The minimum Gasteiger partial charge on any atom is -0.493 e. The number of hydrogen-bond donors (Lipinski definition) is 0. The van der Waals surface area contributed by atoms with Crippen LogP contribution in [0, 0.1) is 0 Å². The number of alkyl halides is 2. The van der Waals surface area contributed by atoms with Crippen LogP contribution < -0.4 is 9.47 Å². The summed E-state index contributed by atoms with van der Waals surface area (Å²) in [5, 5.41) is 0. The summed E-state index contributed by atoms with van der Waals surface area (Å²) in [6, 6.07) is 3.91.